The van der Waals surface area contributed by atoms with E-state index in [-0.39, 0.29) is 18.8 Å². The molecule has 120 valence electrons. The minimum absolute atomic E-state index is 0.0308. The molecule has 0 heterocycles. The molecule has 0 radical (unpaired) electrons. The zero-order valence-corrected chi connectivity index (χ0v) is 12.3. The summed E-state index contributed by atoms with van der Waals surface area (Å²) in [4.78, 5) is 22.9. The Kier molecular flexibility index (Phi) is 5.57. The maximum atomic E-state index is 11.7. The predicted molar refractivity (Wildman–Crippen MR) is 80.4 cm³/mol. The van der Waals surface area contributed by atoms with Crippen LogP contribution >= 0.6 is 0 Å². The lowest BCUT2D eigenvalue weighted by Crippen LogP contribution is -2.49. The Balaban J connectivity index is 1.89. The smallest absolute Gasteiger partial charge is 0.408 e. The monoisotopic (exact) mass is 314 g/mol. The summed E-state index contributed by atoms with van der Waals surface area (Å²) in [5.41, 5.74) is 1.44. The minimum atomic E-state index is -1.41. The van der Waals surface area contributed by atoms with Crippen LogP contribution in [0.1, 0.15) is 11.1 Å². The molecule has 23 heavy (non-hydrogen) atoms. The first-order chi connectivity index (χ1) is 11.0. The quantitative estimate of drug-likeness (QED) is 0.828. The summed E-state index contributed by atoms with van der Waals surface area (Å²) in [6, 6.07) is 13.8. The van der Waals surface area contributed by atoms with Crippen molar-refractivity contribution in [3.05, 3.63) is 65.7 Å². The Bertz CT molecular complexity index is 654. The molecule has 0 aliphatic carbocycles. The molecular formula is C17H16NO5-. The van der Waals surface area contributed by atoms with Gasteiger partial charge in [0.05, 0.1) is 12.0 Å². The molecule has 0 unspecified atom stereocenters. The number of benzene rings is 2. The van der Waals surface area contributed by atoms with Gasteiger partial charge in [0.2, 0.25) is 0 Å². The fourth-order valence-corrected chi connectivity index (χ4v) is 1.97. The van der Waals surface area contributed by atoms with E-state index in [2.05, 4.69) is 5.32 Å². The van der Waals surface area contributed by atoms with Crippen LogP contribution in [0.5, 0.6) is 5.75 Å². The number of hydrogen-bond acceptors (Lipinski definition) is 5. The Labute approximate surface area is 133 Å². The maximum Gasteiger partial charge on any atom is 0.408 e. The number of carboxylic acids is 1. The van der Waals surface area contributed by atoms with Gasteiger partial charge in [-0.25, -0.2) is 4.79 Å². The second-order valence-corrected chi connectivity index (χ2v) is 4.95. The molecule has 2 rings (SSSR count). The third-order valence-corrected chi connectivity index (χ3v) is 3.17. The summed E-state index contributed by atoms with van der Waals surface area (Å²) in [6.07, 6.45) is -0.801. The third-order valence-electron chi connectivity index (χ3n) is 3.17. The Morgan fingerprint density at radius 3 is 2.30 bits per heavy atom. The van der Waals surface area contributed by atoms with E-state index in [1.807, 2.05) is 18.2 Å². The summed E-state index contributed by atoms with van der Waals surface area (Å²) < 4.78 is 4.98. The van der Waals surface area contributed by atoms with Crippen LogP contribution in [0.25, 0.3) is 0 Å². The van der Waals surface area contributed by atoms with E-state index in [1.165, 1.54) is 12.1 Å². The molecule has 0 aliphatic heterocycles. The molecule has 2 N–H and O–H groups in total. The van der Waals surface area contributed by atoms with Crippen molar-refractivity contribution in [2.75, 3.05) is 0 Å². The number of carbonyl (C=O) groups is 2. The summed E-state index contributed by atoms with van der Waals surface area (Å²) in [7, 11) is 0. The van der Waals surface area contributed by atoms with Crippen molar-refractivity contribution >= 4 is 12.1 Å². The Hall–Kier alpha value is -3.02. The number of phenolic OH excluding ortho intramolecular Hbond substituents is 1. The van der Waals surface area contributed by atoms with Crippen LogP contribution in [0.3, 0.4) is 0 Å². The van der Waals surface area contributed by atoms with Crippen LogP contribution in [0.15, 0.2) is 54.6 Å². The highest BCUT2D eigenvalue weighted by molar-refractivity contribution is 5.78. The number of ether oxygens (including phenoxy) is 1. The summed E-state index contributed by atoms with van der Waals surface area (Å²) in [5, 5.41) is 22.6. The van der Waals surface area contributed by atoms with E-state index >= 15 is 0 Å². The largest absolute Gasteiger partial charge is 0.548 e. The van der Waals surface area contributed by atoms with Gasteiger partial charge in [-0.15, -0.1) is 0 Å². The van der Waals surface area contributed by atoms with Gasteiger partial charge in [0.15, 0.2) is 0 Å². The van der Waals surface area contributed by atoms with Gasteiger partial charge in [-0.2, -0.15) is 0 Å². The van der Waals surface area contributed by atoms with Crippen molar-refractivity contribution in [1.82, 2.24) is 5.32 Å². The number of carbonyl (C=O) groups excluding carboxylic acids is 2. The lowest BCUT2D eigenvalue weighted by atomic mass is 10.1. The molecule has 2 aromatic rings. The highest BCUT2D eigenvalue weighted by Gasteiger charge is 2.15. The van der Waals surface area contributed by atoms with Crippen molar-refractivity contribution < 1.29 is 24.5 Å². The van der Waals surface area contributed by atoms with Crippen molar-refractivity contribution in [3.8, 4) is 5.75 Å². The Morgan fingerprint density at radius 2 is 1.70 bits per heavy atom. The van der Waals surface area contributed by atoms with E-state index in [1.54, 1.807) is 24.3 Å². The zero-order chi connectivity index (χ0) is 16.7. The van der Waals surface area contributed by atoms with Gasteiger partial charge in [0.25, 0.3) is 0 Å². The Morgan fingerprint density at radius 1 is 1.04 bits per heavy atom. The van der Waals surface area contributed by atoms with Gasteiger partial charge in [0.1, 0.15) is 12.4 Å². The number of aliphatic carboxylic acids is 1. The summed E-state index contributed by atoms with van der Waals surface area (Å²) in [5.74, 6) is -1.33. The molecule has 1 atom stereocenters. The molecule has 0 saturated carbocycles. The van der Waals surface area contributed by atoms with Crippen molar-refractivity contribution in [2.45, 2.75) is 19.1 Å². The van der Waals surface area contributed by atoms with Crippen LogP contribution in [0, 0.1) is 0 Å². The summed E-state index contributed by atoms with van der Waals surface area (Å²) >= 11 is 0. The first-order valence-corrected chi connectivity index (χ1v) is 7.00. The highest BCUT2D eigenvalue weighted by Crippen LogP contribution is 2.11. The molecular weight excluding hydrogens is 298 g/mol. The van der Waals surface area contributed by atoms with Crippen LogP contribution in [0.4, 0.5) is 4.79 Å². The van der Waals surface area contributed by atoms with Gasteiger partial charge in [-0.1, -0.05) is 42.5 Å². The zero-order valence-electron chi connectivity index (χ0n) is 12.3. The normalized spacial score (nSPS) is 11.5. The predicted octanol–water partition coefficient (Wildman–Crippen LogP) is 0.980. The lowest BCUT2D eigenvalue weighted by molar-refractivity contribution is -0.308. The van der Waals surface area contributed by atoms with Gasteiger partial charge < -0.3 is 25.1 Å². The molecule has 0 aromatic heterocycles. The molecule has 6 heteroatoms. The van der Waals surface area contributed by atoms with Gasteiger partial charge in [0, 0.05) is 0 Å². The number of aromatic hydroxyl groups is 1. The number of rotatable bonds is 6. The topological polar surface area (TPSA) is 98.7 Å². The fraction of sp³-hybridized carbons (Fsp3) is 0.176. The summed E-state index contributed by atoms with van der Waals surface area (Å²) in [6.45, 7) is 0.0473. The standard InChI is InChI=1S/C17H17NO5/c19-14-8-6-12(7-9-14)10-15(16(20)21)18-17(22)23-11-13-4-2-1-3-5-13/h1-9,15,19H,10-11H2,(H,18,22)(H,20,21)/p-1/t15-/m1/s1. The molecule has 0 spiro atoms. The first-order valence-electron chi connectivity index (χ1n) is 7.00. The minimum Gasteiger partial charge on any atom is -0.548 e. The van der Waals surface area contributed by atoms with Crippen molar-refractivity contribution in [3.63, 3.8) is 0 Å². The van der Waals surface area contributed by atoms with Crippen LogP contribution in [-0.4, -0.2) is 23.2 Å². The molecule has 2 aromatic carbocycles. The van der Waals surface area contributed by atoms with E-state index < -0.39 is 18.1 Å². The van der Waals surface area contributed by atoms with Gasteiger partial charge >= 0.3 is 6.09 Å². The first kappa shape index (κ1) is 16.4. The van der Waals surface area contributed by atoms with Gasteiger partial charge in [-0.3, -0.25) is 0 Å². The average molecular weight is 314 g/mol. The molecule has 1 amide bonds. The number of alkyl carbamates (subject to hydrolysis) is 1. The van der Waals surface area contributed by atoms with Gasteiger partial charge in [-0.05, 0) is 29.7 Å². The maximum absolute atomic E-state index is 11.7. The van der Waals surface area contributed by atoms with Crippen molar-refractivity contribution in [2.24, 2.45) is 0 Å². The van der Waals surface area contributed by atoms with E-state index in [9.17, 15) is 19.8 Å². The lowest BCUT2D eigenvalue weighted by Gasteiger charge is -2.19. The molecule has 0 fully saturated rings. The molecule has 6 nitrogen and oxygen atoms in total. The SMILES string of the molecule is O=C(N[C@H](Cc1ccc(O)cc1)C(=O)[O-])OCc1ccccc1. The number of hydrogen-bond donors (Lipinski definition) is 2. The number of amides is 1. The average Bonchev–Trinajstić information content (AvgIpc) is 2.55. The van der Waals surface area contributed by atoms with E-state index in [0.717, 1.165) is 5.56 Å². The number of phenols is 1. The van der Waals surface area contributed by atoms with E-state index in [0.29, 0.717) is 5.56 Å². The second kappa shape index (κ2) is 7.84. The van der Waals surface area contributed by atoms with Crippen molar-refractivity contribution in [1.29, 1.82) is 0 Å². The second-order valence-electron chi connectivity index (χ2n) is 4.95. The number of nitrogens with one attached hydrogen (secondary N) is 1. The van der Waals surface area contributed by atoms with E-state index in [4.69, 9.17) is 4.74 Å². The molecule has 0 saturated heterocycles. The molecule has 0 aliphatic rings. The third kappa shape index (κ3) is 5.35. The fourth-order valence-electron chi connectivity index (χ4n) is 1.97. The van der Waals surface area contributed by atoms with Crippen LogP contribution in [-0.2, 0) is 22.6 Å². The van der Waals surface area contributed by atoms with Crippen LogP contribution < -0.4 is 10.4 Å². The van der Waals surface area contributed by atoms with Crippen LogP contribution in [0.2, 0.25) is 0 Å². The number of carboxylic acid groups (broad SMARTS) is 1. The highest BCUT2D eigenvalue weighted by atomic mass is 16.5. The molecule has 0 bridgehead atoms.